The highest BCUT2D eigenvalue weighted by atomic mass is 16.4. The van der Waals surface area contributed by atoms with E-state index in [1.54, 1.807) is 0 Å². The van der Waals surface area contributed by atoms with Crippen molar-refractivity contribution in [1.82, 2.24) is 16.0 Å². The van der Waals surface area contributed by atoms with Crippen LogP contribution >= 0.6 is 0 Å². The lowest BCUT2D eigenvalue weighted by atomic mass is 10.0. The number of hydrogen-bond acceptors (Lipinski definition) is 7. The molecular formula is C20H30N4O7. The summed E-state index contributed by atoms with van der Waals surface area (Å²) < 4.78 is 0. The van der Waals surface area contributed by atoms with Gasteiger partial charge in [-0.1, -0.05) is 12.1 Å². The van der Waals surface area contributed by atoms with Gasteiger partial charge in [-0.05, 0) is 43.5 Å². The summed E-state index contributed by atoms with van der Waals surface area (Å²) in [5, 5.41) is 35.3. The van der Waals surface area contributed by atoms with Gasteiger partial charge in [-0.15, -0.1) is 0 Å². The molecule has 0 aromatic heterocycles. The fourth-order valence-electron chi connectivity index (χ4n) is 2.81. The Kier molecular flexibility index (Phi) is 11.0. The third-order valence-corrected chi connectivity index (χ3v) is 4.45. The van der Waals surface area contributed by atoms with Crippen molar-refractivity contribution in [2.75, 3.05) is 13.2 Å². The van der Waals surface area contributed by atoms with Crippen LogP contribution < -0.4 is 21.7 Å². The molecule has 8 N–H and O–H groups in total. The molecule has 31 heavy (non-hydrogen) atoms. The second-order valence-corrected chi connectivity index (χ2v) is 7.05. The van der Waals surface area contributed by atoms with Crippen LogP contribution in [-0.2, 0) is 25.6 Å². The Morgan fingerprint density at radius 2 is 1.52 bits per heavy atom. The number of amides is 3. The number of carbonyl (C=O) groups is 4. The minimum absolute atomic E-state index is 0.0277. The van der Waals surface area contributed by atoms with Crippen LogP contribution in [0.4, 0.5) is 0 Å². The SMILES string of the molecule is CC(=O)NC(CO)C(=O)N[C@@H](CCCCN)C(=O)NC(Cc1ccc(O)cc1)C(=O)O. The molecule has 0 fully saturated rings. The Bertz CT molecular complexity index is 754. The Morgan fingerprint density at radius 1 is 0.935 bits per heavy atom. The Morgan fingerprint density at radius 3 is 2.03 bits per heavy atom. The molecule has 3 atom stereocenters. The van der Waals surface area contributed by atoms with E-state index in [9.17, 15) is 34.5 Å². The number of nitrogens with two attached hydrogens (primary N) is 1. The van der Waals surface area contributed by atoms with E-state index in [0.717, 1.165) is 0 Å². The van der Waals surface area contributed by atoms with Gasteiger partial charge in [-0.2, -0.15) is 0 Å². The lowest BCUT2D eigenvalue weighted by molar-refractivity contribution is -0.142. The van der Waals surface area contributed by atoms with E-state index in [-0.39, 0.29) is 18.6 Å². The predicted molar refractivity (Wildman–Crippen MR) is 111 cm³/mol. The van der Waals surface area contributed by atoms with E-state index in [1.807, 2.05) is 0 Å². The minimum atomic E-state index is -1.27. The first-order chi connectivity index (χ1) is 14.7. The first-order valence-corrected chi connectivity index (χ1v) is 9.87. The first-order valence-electron chi connectivity index (χ1n) is 9.87. The fourth-order valence-corrected chi connectivity index (χ4v) is 2.81. The number of rotatable bonds is 13. The molecule has 11 nitrogen and oxygen atoms in total. The normalized spacial score (nSPS) is 13.5. The summed E-state index contributed by atoms with van der Waals surface area (Å²) in [6.45, 7) is 0.898. The van der Waals surface area contributed by atoms with E-state index >= 15 is 0 Å². The lowest BCUT2D eigenvalue weighted by Gasteiger charge is -2.23. The molecule has 0 spiro atoms. The molecule has 2 unspecified atom stereocenters. The standard InChI is InChI=1S/C20H30N4O7/c1-12(26)22-17(11-25)19(29)23-15(4-2-3-9-21)18(28)24-16(20(30)31)10-13-5-7-14(27)8-6-13/h5-8,15-17,25,27H,2-4,9-11,21H2,1H3,(H,22,26)(H,23,29)(H,24,28)(H,30,31)/t15-,16?,17?/m0/s1. The largest absolute Gasteiger partial charge is 0.508 e. The van der Waals surface area contributed by atoms with Gasteiger partial charge in [0.1, 0.15) is 23.9 Å². The van der Waals surface area contributed by atoms with Gasteiger partial charge in [0, 0.05) is 13.3 Å². The first kappa shape index (κ1) is 25.9. The van der Waals surface area contributed by atoms with E-state index < -0.39 is 48.4 Å². The van der Waals surface area contributed by atoms with Crippen LogP contribution in [0.25, 0.3) is 0 Å². The van der Waals surface area contributed by atoms with Gasteiger partial charge in [-0.3, -0.25) is 14.4 Å². The number of aromatic hydroxyl groups is 1. The summed E-state index contributed by atoms with van der Waals surface area (Å²) in [5.74, 6) is -3.25. The zero-order chi connectivity index (χ0) is 23.4. The average molecular weight is 438 g/mol. The lowest BCUT2D eigenvalue weighted by Crippen LogP contribution is -2.56. The maximum Gasteiger partial charge on any atom is 0.326 e. The number of carboxylic acids is 1. The summed E-state index contributed by atoms with van der Waals surface area (Å²) in [6, 6.07) is 2.30. The Balaban J connectivity index is 2.90. The molecule has 1 aromatic rings. The monoisotopic (exact) mass is 438 g/mol. The number of carboxylic acid groups (broad SMARTS) is 1. The van der Waals surface area contributed by atoms with Gasteiger partial charge in [0.05, 0.1) is 6.61 Å². The Labute approximate surface area is 180 Å². The van der Waals surface area contributed by atoms with E-state index in [1.165, 1.54) is 31.2 Å². The number of aliphatic hydroxyl groups is 1. The quantitative estimate of drug-likeness (QED) is 0.183. The van der Waals surface area contributed by atoms with Gasteiger partial charge in [0.2, 0.25) is 17.7 Å². The number of hydrogen-bond donors (Lipinski definition) is 7. The molecule has 1 aromatic carbocycles. The number of phenolic OH excluding ortho intramolecular Hbond substituents is 1. The van der Waals surface area contributed by atoms with Gasteiger partial charge in [0.15, 0.2) is 0 Å². The number of phenols is 1. The molecule has 0 radical (unpaired) electrons. The van der Waals surface area contributed by atoms with Crippen LogP contribution in [0.5, 0.6) is 5.75 Å². The van der Waals surface area contributed by atoms with Crippen molar-refractivity contribution in [2.45, 2.75) is 50.7 Å². The molecule has 3 amide bonds. The molecule has 0 aliphatic rings. The summed E-state index contributed by atoms with van der Waals surface area (Å²) in [4.78, 5) is 47.9. The molecule has 11 heteroatoms. The number of benzene rings is 1. The number of unbranched alkanes of at least 4 members (excludes halogenated alkanes) is 1. The maximum absolute atomic E-state index is 12.8. The van der Waals surface area contributed by atoms with Crippen molar-refractivity contribution < 1.29 is 34.5 Å². The van der Waals surface area contributed by atoms with Crippen molar-refractivity contribution in [1.29, 1.82) is 0 Å². The second-order valence-electron chi connectivity index (χ2n) is 7.05. The average Bonchev–Trinajstić information content (AvgIpc) is 2.71. The van der Waals surface area contributed by atoms with Crippen LogP contribution in [-0.4, -0.2) is 70.3 Å². The van der Waals surface area contributed by atoms with E-state index in [2.05, 4.69) is 16.0 Å². The molecule has 0 aliphatic heterocycles. The number of aliphatic hydroxyl groups excluding tert-OH is 1. The number of carbonyl (C=O) groups excluding carboxylic acids is 3. The molecular weight excluding hydrogens is 408 g/mol. The molecule has 0 aliphatic carbocycles. The third kappa shape index (κ3) is 9.45. The molecule has 0 saturated carbocycles. The van der Waals surface area contributed by atoms with Crippen molar-refractivity contribution in [3.8, 4) is 5.75 Å². The summed E-state index contributed by atoms with van der Waals surface area (Å²) in [6.07, 6.45) is 1.24. The molecule has 0 saturated heterocycles. The highest BCUT2D eigenvalue weighted by Gasteiger charge is 2.29. The second kappa shape index (κ2) is 13.2. The predicted octanol–water partition coefficient (Wildman–Crippen LogP) is -1.39. The van der Waals surface area contributed by atoms with Crippen LogP contribution in [0, 0.1) is 0 Å². The highest BCUT2D eigenvalue weighted by Crippen LogP contribution is 2.12. The molecule has 0 bridgehead atoms. The topological polar surface area (TPSA) is 191 Å². The van der Waals surface area contributed by atoms with Crippen molar-refractivity contribution in [3.63, 3.8) is 0 Å². The summed E-state index contributed by atoms with van der Waals surface area (Å²) >= 11 is 0. The molecule has 0 heterocycles. The van der Waals surface area contributed by atoms with E-state index in [4.69, 9.17) is 5.73 Å². The third-order valence-electron chi connectivity index (χ3n) is 4.45. The molecule has 172 valence electrons. The van der Waals surface area contributed by atoms with Crippen molar-refractivity contribution in [2.24, 2.45) is 5.73 Å². The minimum Gasteiger partial charge on any atom is -0.508 e. The molecule has 1 rings (SSSR count). The maximum atomic E-state index is 12.8. The highest BCUT2D eigenvalue weighted by molar-refractivity contribution is 5.93. The smallest absolute Gasteiger partial charge is 0.326 e. The van der Waals surface area contributed by atoms with Gasteiger partial charge < -0.3 is 37.0 Å². The fraction of sp³-hybridized carbons (Fsp3) is 0.500. The summed E-state index contributed by atoms with van der Waals surface area (Å²) in [7, 11) is 0. The van der Waals surface area contributed by atoms with Crippen LogP contribution in [0.3, 0.4) is 0 Å². The van der Waals surface area contributed by atoms with Crippen molar-refractivity contribution >= 4 is 23.7 Å². The van der Waals surface area contributed by atoms with Crippen molar-refractivity contribution in [3.05, 3.63) is 29.8 Å². The van der Waals surface area contributed by atoms with Gasteiger partial charge in [0.25, 0.3) is 0 Å². The Hall–Kier alpha value is -3.18. The number of nitrogens with one attached hydrogen (secondary N) is 3. The zero-order valence-electron chi connectivity index (χ0n) is 17.3. The van der Waals surface area contributed by atoms with E-state index in [0.29, 0.717) is 24.9 Å². The van der Waals surface area contributed by atoms with Gasteiger partial charge in [-0.25, -0.2) is 4.79 Å². The zero-order valence-corrected chi connectivity index (χ0v) is 17.3. The van der Waals surface area contributed by atoms with Gasteiger partial charge >= 0.3 is 5.97 Å². The summed E-state index contributed by atoms with van der Waals surface area (Å²) in [5.41, 5.74) is 6.05. The van der Waals surface area contributed by atoms with Crippen LogP contribution in [0.15, 0.2) is 24.3 Å². The number of aliphatic carboxylic acids is 1. The van der Waals surface area contributed by atoms with Crippen LogP contribution in [0.2, 0.25) is 0 Å². The van der Waals surface area contributed by atoms with Crippen LogP contribution in [0.1, 0.15) is 31.7 Å².